The van der Waals surface area contributed by atoms with Gasteiger partial charge in [-0.25, -0.2) is 4.79 Å². The van der Waals surface area contributed by atoms with E-state index in [4.69, 9.17) is 11.6 Å². The number of carbonyl (C=O) groups excluding carboxylic acids is 2. The summed E-state index contributed by atoms with van der Waals surface area (Å²) in [5, 5.41) is 21.8. The summed E-state index contributed by atoms with van der Waals surface area (Å²) in [6.07, 6.45) is 4.18. The number of amides is 2. The van der Waals surface area contributed by atoms with E-state index in [9.17, 15) is 14.7 Å². The minimum absolute atomic E-state index is 0.0355. The van der Waals surface area contributed by atoms with Gasteiger partial charge in [0.2, 0.25) is 0 Å². The largest absolute Gasteiger partial charge is 0.507 e. The van der Waals surface area contributed by atoms with Crippen molar-refractivity contribution in [1.82, 2.24) is 15.1 Å². The van der Waals surface area contributed by atoms with Crippen LogP contribution in [-0.2, 0) is 6.54 Å². The quantitative estimate of drug-likeness (QED) is 0.254. The van der Waals surface area contributed by atoms with Crippen LogP contribution in [0.1, 0.15) is 58.8 Å². The molecular formula is C30H29ClN4O3. The van der Waals surface area contributed by atoms with Gasteiger partial charge in [0.15, 0.2) is 0 Å². The van der Waals surface area contributed by atoms with Crippen molar-refractivity contribution in [2.45, 2.75) is 45.1 Å². The summed E-state index contributed by atoms with van der Waals surface area (Å²) in [5.74, 6) is -0.0675. The zero-order chi connectivity index (χ0) is 26.6. The standard InChI is InChI=1S/C30H29ClN4O3/c1-19-8-2-6-12-23(19)29(37)33-22-14-15-24(28(36)16-22)26-17-27(20-9-3-4-10-20)35(34-26)30(38)32-18-21-11-5-7-13-25(21)31/h2,5-8,11-17,20,36H,3-4,9-10,18H2,1H3,(H,32,38)(H,33,37). The van der Waals surface area contributed by atoms with Gasteiger partial charge in [0.25, 0.3) is 5.91 Å². The number of aromatic nitrogens is 2. The minimum Gasteiger partial charge on any atom is -0.507 e. The van der Waals surface area contributed by atoms with E-state index in [-0.39, 0.29) is 30.2 Å². The molecule has 8 heteroatoms. The molecule has 2 amide bonds. The van der Waals surface area contributed by atoms with Gasteiger partial charge >= 0.3 is 6.03 Å². The summed E-state index contributed by atoms with van der Waals surface area (Å²) in [4.78, 5) is 25.9. The summed E-state index contributed by atoms with van der Waals surface area (Å²) >= 11 is 6.25. The highest BCUT2D eigenvalue weighted by Gasteiger charge is 2.26. The Labute approximate surface area is 226 Å². The second-order valence-corrected chi connectivity index (χ2v) is 10.0. The Bertz CT molecular complexity index is 1490. The fourth-order valence-electron chi connectivity index (χ4n) is 4.94. The predicted molar refractivity (Wildman–Crippen MR) is 149 cm³/mol. The number of carbonyl (C=O) groups is 2. The van der Waals surface area contributed by atoms with Crippen molar-refractivity contribution in [3.63, 3.8) is 0 Å². The molecule has 7 nitrogen and oxygen atoms in total. The molecule has 1 aromatic heterocycles. The maximum atomic E-state index is 13.2. The number of aryl methyl sites for hydroxylation is 1. The maximum absolute atomic E-state index is 13.2. The van der Waals surface area contributed by atoms with Crippen molar-refractivity contribution >= 4 is 29.2 Å². The predicted octanol–water partition coefficient (Wildman–Crippen LogP) is 6.89. The first-order valence-electron chi connectivity index (χ1n) is 12.7. The molecule has 194 valence electrons. The zero-order valence-corrected chi connectivity index (χ0v) is 21.8. The van der Waals surface area contributed by atoms with E-state index in [0.717, 1.165) is 42.5 Å². The number of halogens is 1. The molecular weight excluding hydrogens is 500 g/mol. The summed E-state index contributed by atoms with van der Waals surface area (Å²) in [5.41, 5.74) is 4.52. The lowest BCUT2D eigenvalue weighted by Gasteiger charge is -2.12. The monoisotopic (exact) mass is 528 g/mol. The van der Waals surface area contributed by atoms with Gasteiger partial charge in [0.05, 0.1) is 11.4 Å². The van der Waals surface area contributed by atoms with Crippen LogP contribution in [0, 0.1) is 6.92 Å². The van der Waals surface area contributed by atoms with Gasteiger partial charge in [-0.1, -0.05) is 60.8 Å². The van der Waals surface area contributed by atoms with Crippen molar-refractivity contribution in [2.24, 2.45) is 0 Å². The lowest BCUT2D eigenvalue weighted by atomic mass is 10.0. The van der Waals surface area contributed by atoms with Gasteiger partial charge in [0.1, 0.15) is 5.75 Å². The van der Waals surface area contributed by atoms with Gasteiger partial charge in [-0.05, 0) is 61.2 Å². The van der Waals surface area contributed by atoms with Gasteiger partial charge in [-0.15, -0.1) is 0 Å². The van der Waals surface area contributed by atoms with Crippen LogP contribution in [-0.4, -0.2) is 26.8 Å². The van der Waals surface area contributed by atoms with E-state index in [1.807, 2.05) is 49.4 Å². The molecule has 1 fully saturated rings. The number of anilines is 1. The molecule has 3 aromatic carbocycles. The third-order valence-corrected chi connectivity index (χ3v) is 7.38. The Morgan fingerprint density at radius 1 is 1.03 bits per heavy atom. The zero-order valence-electron chi connectivity index (χ0n) is 21.1. The fraction of sp³-hybridized carbons (Fsp3) is 0.233. The Morgan fingerprint density at radius 2 is 1.76 bits per heavy atom. The third kappa shape index (κ3) is 5.43. The molecule has 0 spiro atoms. The Hall–Kier alpha value is -4.10. The smallest absolute Gasteiger partial charge is 0.342 e. The Morgan fingerprint density at radius 3 is 2.50 bits per heavy atom. The van der Waals surface area contributed by atoms with Crippen LogP contribution in [0.3, 0.4) is 0 Å². The average Bonchev–Trinajstić information content (AvgIpc) is 3.59. The van der Waals surface area contributed by atoms with Gasteiger partial charge in [-0.3, -0.25) is 4.79 Å². The van der Waals surface area contributed by atoms with E-state index in [2.05, 4.69) is 15.7 Å². The second-order valence-electron chi connectivity index (χ2n) is 9.60. The van der Waals surface area contributed by atoms with E-state index in [1.165, 1.54) is 10.7 Å². The lowest BCUT2D eigenvalue weighted by Crippen LogP contribution is -2.30. The average molecular weight is 529 g/mol. The van der Waals surface area contributed by atoms with Crippen LogP contribution in [0.15, 0.2) is 72.8 Å². The number of nitrogens with zero attached hydrogens (tertiary/aromatic N) is 2. The minimum atomic E-state index is -0.348. The van der Waals surface area contributed by atoms with Crippen molar-refractivity contribution in [3.8, 4) is 17.0 Å². The third-order valence-electron chi connectivity index (χ3n) is 7.01. The molecule has 4 aromatic rings. The number of hydrogen-bond donors (Lipinski definition) is 3. The van der Waals surface area contributed by atoms with E-state index >= 15 is 0 Å². The number of hydrogen-bond acceptors (Lipinski definition) is 4. The first-order valence-corrected chi connectivity index (χ1v) is 13.1. The highest BCUT2D eigenvalue weighted by molar-refractivity contribution is 6.31. The number of aromatic hydroxyl groups is 1. The summed E-state index contributed by atoms with van der Waals surface area (Å²) < 4.78 is 1.41. The molecule has 0 bridgehead atoms. The lowest BCUT2D eigenvalue weighted by molar-refractivity contribution is 0.102. The molecule has 0 aliphatic heterocycles. The van der Waals surface area contributed by atoms with Crippen LogP contribution < -0.4 is 10.6 Å². The molecule has 38 heavy (non-hydrogen) atoms. The van der Waals surface area contributed by atoms with Crippen LogP contribution in [0.5, 0.6) is 5.75 Å². The molecule has 0 radical (unpaired) electrons. The molecule has 1 heterocycles. The maximum Gasteiger partial charge on any atom is 0.342 e. The van der Waals surface area contributed by atoms with Crippen molar-refractivity contribution < 1.29 is 14.7 Å². The Kier molecular flexibility index (Phi) is 7.47. The number of nitrogens with one attached hydrogen (secondary N) is 2. The fourth-order valence-corrected chi connectivity index (χ4v) is 5.14. The van der Waals surface area contributed by atoms with Crippen LogP contribution in [0.2, 0.25) is 5.02 Å². The van der Waals surface area contributed by atoms with Crippen molar-refractivity contribution in [3.05, 3.63) is 100 Å². The van der Waals surface area contributed by atoms with Gasteiger partial charge in [-0.2, -0.15) is 9.78 Å². The molecule has 0 atom stereocenters. The number of benzene rings is 3. The highest BCUT2D eigenvalue weighted by Crippen LogP contribution is 2.38. The SMILES string of the molecule is Cc1ccccc1C(=O)Nc1ccc(-c2cc(C3CCCC3)n(C(=O)NCc3ccccc3Cl)n2)c(O)c1. The van der Waals surface area contributed by atoms with E-state index < -0.39 is 0 Å². The number of rotatable bonds is 6. The molecule has 1 aliphatic carbocycles. The topological polar surface area (TPSA) is 96.3 Å². The normalized spacial score (nSPS) is 13.4. The van der Waals surface area contributed by atoms with Crippen molar-refractivity contribution in [2.75, 3.05) is 5.32 Å². The second kappa shape index (κ2) is 11.1. The summed E-state index contributed by atoms with van der Waals surface area (Å²) in [7, 11) is 0. The van der Waals surface area contributed by atoms with Crippen molar-refractivity contribution in [1.29, 1.82) is 0 Å². The molecule has 5 rings (SSSR count). The molecule has 0 unspecified atom stereocenters. The van der Waals surface area contributed by atoms with E-state index in [0.29, 0.717) is 27.5 Å². The molecule has 1 saturated carbocycles. The summed E-state index contributed by atoms with van der Waals surface area (Å²) in [6, 6.07) is 21.1. The molecule has 3 N–H and O–H groups in total. The first-order chi connectivity index (χ1) is 18.4. The highest BCUT2D eigenvalue weighted by atomic mass is 35.5. The summed E-state index contributed by atoms with van der Waals surface area (Å²) in [6.45, 7) is 2.15. The number of phenols is 1. The Balaban J connectivity index is 1.39. The van der Waals surface area contributed by atoms with Crippen LogP contribution >= 0.6 is 11.6 Å². The van der Waals surface area contributed by atoms with E-state index in [1.54, 1.807) is 24.3 Å². The van der Waals surface area contributed by atoms with Gasteiger partial charge in [0, 0.05) is 40.4 Å². The van der Waals surface area contributed by atoms with Crippen LogP contribution in [0.25, 0.3) is 11.3 Å². The number of phenolic OH excluding ortho intramolecular Hbond substituents is 1. The molecule has 1 aliphatic rings. The van der Waals surface area contributed by atoms with Gasteiger partial charge < -0.3 is 15.7 Å². The molecule has 0 saturated heterocycles. The van der Waals surface area contributed by atoms with Crippen LogP contribution in [0.4, 0.5) is 10.5 Å². The first kappa shape index (κ1) is 25.5.